The summed E-state index contributed by atoms with van der Waals surface area (Å²) < 4.78 is 50.5. The van der Waals surface area contributed by atoms with Crippen LogP contribution in [0, 0.1) is 0 Å². The number of alkyl halides is 4. The van der Waals surface area contributed by atoms with E-state index in [0.717, 1.165) is 30.8 Å². The Labute approximate surface area is 103 Å². The van der Waals surface area contributed by atoms with Crippen molar-refractivity contribution >= 4 is 5.91 Å². The fourth-order valence-corrected chi connectivity index (χ4v) is 2.70. The van der Waals surface area contributed by atoms with Crippen molar-refractivity contribution in [2.45, 2.75) is 37.7 Å². The minimum absolute atomic E-state index is 0.0462. The first-order chi connectivity index (χ1) is 8.43. The summed E-state index contributed by atoms with van der Waals surface area (Å²) in [5.74, 6) is -6.29. The van der Waals surface area contributed by atoms with Crippen molar-refractivity contribution in [3.8, 4) is 0 Å². The maximum absolute atomic E-state index is 13.0. The van der Waals surface area contributed by atoms with Crippen LogP contribution in [0.3, 0.4) is 0 Å². The fraction of sp³-hybridized carbons (Fsp3) is 0.909. The van der Waals surface area contributed by atoms with Gasteiger partial charge in [0.05, 0.1) is 0 Å². The summed E-state index contributed by atoms with van der Waals surface area (Å²) in [6.07, 6.45) is -1.57. The molecule has 0 saturated carbocycles. The smallest absolute Gasteiger partial charge is 0.336 e. The van der Waals surface area contributed by atoms with E-state index in [0.29, 0.717) is 6.42 Å². The molecule has 7 heteroatoms. The maximum atomic E-state index is 13.0. The highest BCUT2D eigenvalue weighted by molar-refractivity contribution is 5.84. The van der Waals surface area contributed by atoms with E-state index in [9.17, 15) is 22.4 Å². The van der Waals surface area contributed by atoms with Gasteiger partial charge in [0, 0.05) is 25.7 Å². The van der Waals surface area contributed by atoms with Gasteiger partial charge < -0.3 is 4.90 Å². The van der Waals surface area contributed by atoms with Crippen molar-refractivity contribution in [2.75, 3.05) is 26.2 Å². The number of fused-ring (bicyclic) bond motifs is 1. The number of halogens is 4. The van der Waals surface area contributed by atoms with Gasteiger partial charge in [-0.25, -0.2) is 8.78 Å². The summed E-state index contributed by atoms with van der Waals surface area (Å²) >= 11 is 0. The number of carbonyl (C=O) groups is 1. The molecule has 0 N–H and O–H groups in total. The SMILES string of the molecule is O=C(N1CCCN2CCCC2C1)C(F)(F)C(F)F. The molecular weight excluding hydrogens is 252 g/mol. The van der Waals surface area contributed by atoms with Crippen LogP contribution in [0.5, 0.6) is 0 Å². The summed E-state index contributed by atoms with van der Waals surface area (Å²) in [6.45, 7) is 1.92. The second-order valence-corrected chi connectivity index (χ2v) is 4.86. The molecule has 104 valence electrons. The zero-order valence-corrected chi connectivity index (χ0v) is 9.92. The highest BCUT2D eigenvalue weighted by atomic mass is 19.3. The predicted molar refractivity (Wildman–Crippen MR) is 56.7 cm³/mol. The Hall–Kier alpha value is -0.850. The van der Waals surface area contributed by atoms with Crippen LogP contribution in [0.25, 0.3) is 0 Å². The molecule has 0 bridgehead atoms. The zero-order valence-electron chi connectivity index (χ0n) is 9.92. The quantitative estimate of drug-likeness (QED) is 0.710. The lowest BCUT2D eigenvalue weighted by molar-refractivity contribution is -0.180. The second-order valence-electron chi connectivity index (χ2n) is 4.86. The first kappa shape index (κ1) is 13.6. The topological polar surface area (TPSA) is 23.6 Å². The maximum Gasteiger partial charge on any atom is 0.383 e. The van der Waals surface area contributed by atoms with E-state index in [1.807, 2.05) is 0 Å². The lowest BCUT2D eigenvalue weighted by Gasteiger charge is -2.28. The molecule has 2 fully saturated rings. The minimum Gasteiger partial charge on any atom is -0.336 e. The monoisotopic (exact) mass is 268 g/mol. The van der Waals surface area contributed by atoms with Crippen LogP contribution >= 0.6 is 0 Å². The van der Waals surface area contributed by atoms with Gasteiger partial charge in [0.25, 0.3) is 5.91 Å². The number of nitrogens with zero attached hydrogens (tertiary/aromatic N) is 2. The lowest BCUT2D eigenvalue weighted by Crippen LogP contribution is -2.50. The number of hydrogen-bond donors (Lipinski definition) is 0. The average Bonchev–Trinajstić information content (AvgIpc) is 2.65. The molecule has 2 aliphatic heterocycles. The van der Waals surface area contributed by atoms with Crippen LogP contribution in [0.4, 0.5) is 17.6 Å². The van der Waals surface area contributed by atoms with E-state index in [1.54, 1.807) is 0 Å². The third kappa shape index (κ3) is 2.46. The van der Waals surface area contributed by atoms with Crippen molar-refractivity contribution in [3.05, 3.63) is 0 Å². The third-order valence-corrected chi connectivity index (χ3v) is 3.65. The molecule has 2 saturated heterocycles. The number of amides is 1. The van der Waals surface area contributed by atoms with Gasteiger partial charge in [0.1, 0.15) is 0 Å². The van der Waals surface area contributed by atoms with Gasteiger partial charge in [-0.1, -0.05) is 0 Å². The standard InChI is InChI=1S/C11H16F4N2O/c12-9(13)11(14,15)10(18)17-6-2-5-16-4-1-3-8(16)7-17/h8-9H,1-7H2. The molecule has 0 spiro atoms. The molecule has 18 heavy (non-hydrogen) atoms. The first-order valence-electron chi connectivity index (χ1n) is 6.12. The highest BCUT2D eigenvalue weighted by Crippen LogP contribution is 2.28. The molecule has 0 radical (unpaired) electrons. The molecule has 0 aromatic heterocycles. The van der Waals surface area contributed by atoms with Crippen LogP contribution in [-0.4, -0.2) is 60.3 Å². The van der Waals surface area contributed by atoms with E-state index < -0.39 is 18.3 Å². The second kappa shape index (κ2) is 5.03. The van der Waals surface area contributed by atoms with E-state index in [1.165, 1.54) is 0 Å². The molecule has 0 aromatic carbocycles. The number of carbonyl (C=O) groups excluding carboxylic acids is 1. The minimum atomic E-state index is -4.56. The van der Waals surface area contributed by atoms with Crippen molar-refractivity contribution < 1.29 is 22.4 Å². The first-order valence-corrected chi connectivity index (χ1v) is 6.12. The molecule has 1 unspecified atom stereocenters. The molecule has 2 aliphatic rings. The van der Waals surface area contributed by atoms with Crippen LogP contribution < -0.4 is 0 Å². The molecule has 1 amide bonds. The summed E-state index contributed by atoms with van der Waals surface area (Å²) in [7, 11) is 0. The van der Waals surface area contributed by atoms with E-state index in [2.05, 4.69) is 4.90 Å². The lowest BCUT2D eigenvalue weighted by atomic mass is 10.2. The van der Waals surface area contributed by atoms with Gasteiger partial charge in [0.15, 0.2) is 0 Å². The predicted octanol–water partition coefficient (Wildman–Crippen LogP) is 1.58. The Morgan fingerprint density at radius 1 is 1.17 bits per heavy atom. The van der Waals surface area contributed by atoms with Gasteiger partial charge >= 0.3 is 12.3 Å². The van der Waals surface area contributed by atoms with Gasteiger partial charge in [-0.05, 0) is 25.8 Å². The molecule has 0 aromatic rings. The van der Waals surface area contributed by atoms with E-state index in [4.69, 9.17) is 0 Å². The van der Waals surface area contributed by atoms with Crippen molar-refractivity contribution in [2.24, 2.45) is 0 Å². The van der Waals surface area contributed by atoms with Crippen LogP contribution in [0.15, 0.2) is 0 Å². The molecule has 3 nitrogen and oxygen atoms in total. The molecule has 2 rings (SSSR count). The summed E-state index contributed by atoms with van der Waals surface area (Å²) in [4.78, 5) is 14.5. The molecule has 2 heterocycles. The zero-order chi connectivity index (χ0) is 13.3. The average molecular weight is 268 g/mol. The molecular formula is C11H16F4N2O. The van der Waals surface area contributed by atoms with Crippen molar-refractivity contribution in [1.82, 2.24) is 9.80 Å². The van der Waals surface area contributed by atoms with Crippen LogP contribution in [0.2, 0.25) is 0 Å². The normalized spacial score (nSPS) is 26.3. The third-order valence-electron chi connectivity index (χ3n) is 3.65. The Kier molecular flexibility index (Phi) is 3.79. The van der Waals surface area contributed by atoms with Gasteiger partial charge in [-0.3, -0.25) is 9.69 Å². The Bertz CT molecular complexity index is 324. The van der Waals surface area contributed by atoms with E-state index >= 15 is 0 Å². The number of hydrogen-bond acceptors (Lipinski definition) is 2. The highest BCUT2D eigenvalue weighted by Gasteiger charge is 2.51. The van der Waals surface area contributed by atoms with Gasteiger partial charge in [0.2, 0.25) is 0 Å². The van der Waals surface area contributed by atoms with Crippen molar-refractivity contribution in [1.29, 1.82) is 0 Å². The molecule has 1 atom stereocenters. The Morgan fingerprint density at radius 2 is 1.83 bits per heavy atom. The fourth-order valence-electron chi connectivity index (χ4n) is 2.70. The van der Waals surface area contributed by atoms with Gasteiger partial charge in [-0.2, -0.15) is 8.78 Å². The molecule has 0 aliphatic carbocycles. The van der Waals surface area contributed by atoms with E-state index in [-0.39, 0.29) is 19.1 Å². The summed E-state index contributed by atoms with van der Waals surface area (Å²) in [5.41, 5.74) is 0. The van der Waals surface area contributed by atoms with Gasteiger partial charge in [-0.15, -0.1) is 0 Å². The summed E-state index contributed by atoms with van der Waals surface area (Å²) in [6, 6.07) is 0.0462. The van der Waals surface area contributed by atoms with Crippen molar-refractivity contribution in [3.63, 3.8) is 0 Å². The number of rotatable bonds is 2. The Morgan fingerprint density at radius 3 is 2.50 bits per heavy atom. The summed E-state index contributed by atoms with van der Waals surface area (Å²) in [5, 5.41) is 0. The van der Waals surface area contributed by atoms with Crippen LogP contribution in [-0.2, 0) is 4.79 Å². The largest absolute Gasteiger partial charge is 0.383 e. The Balaban J connectivity index is 2.06. The van der Waals surface area contributed by atoms with Crippen LogP contribution in [0.1, 0.15) is 19.3 Å².